The quantitative estimate of drug-likeness (QED) is 0.0569. The zero-order valence-electron chi connectivity index (χ0n) is 26.5. The molecule has 1 atom stereocenters. The minimum absolute atomic E-state index is 0.182. The van der Waals surface area contributed by atoms with Gasteiger partial charge in [-0.1, -0.05) is 77.8 Å². The second-order valence-corrected chi connectivity index (χ2v) is 12.9. The Bertz CT molecular complexity index is 2180. The molecule has 0 fully saturated rings. The van der Waals surface area contributed by atoms with Crippen LogP contribution >= 0.6 is 35.0 Å². The van der Waals surface area contributed by atoms with Gasteiger partial charge in [0.2, 0.25) is 5.91 Å². The maximum absolute atomic E-state index is 14.6. The van der Waals surface area contributed by atoms with Gasteiger partial charge in [0.25, 0.3) is 11.8 Å². The van der Waals surface area contributed by atoms with Crippen molar-refractivity contribution in [3.63, 3.8) is 0 Å². The van der Waals surface area contributed by atoms with Crippen molar-refractivity contribution in [3.05, 3.63) is 164 Å². The zero-order valence-corrected chi connectivity index (χ0v) is 28.8. The third kappa shape index (κ3) is 9.38. The molecular weight excluding hydrogens is 770 g/mol. The van der Waals surface area contributed by atoms with E-state index in [9.17, 15) is 45.1 Å². The number of hydrogen-bond acceptors (Lipinski definition) is 4. The molecule has 0 saturated carbocycles. The van der Waals surface area contributed by atoms with Crippen molar-refractivity contribution in [1.29, 1.82) is 0 Å². The topological polar surface area (TPSA) is 87.3 Å². The fourth-order valence-corrected chi connectivity index (χ4v) is 6.24. The number of rotatable bonds is 10. The average Bonchev–Trinajstić information content (AvgIpc) is 3.13. The molecule has 1 unspecified atom stereocenters. The predicted molar refractivity (Wildman–Crippen MR) is 188 cm³/mol. The maximum Gasteiger partial charge on any atom is 0.422 e. The third-order valence-electron chi connectivity index (χ3n) is 7.29. The van der Waals surface area contributed by atoms with Crippen molar-refractivity contribution < 1.29 is 45.1 Å². The lowest BCUT2D eigenvalue weighted by Crippen LogP contribution is -2.30. The van der Waals surface area contributed by atoms with E-state index in [4.69, 9.17) is 23.2 Å². The van der Waals surface area contributed by atoms with Crippen LogP contribution in [0.1, 0.15) is 32.3 Å². The van der Waals surface area contributed by atoms with E-state index in [0.29, 0.717) is 15.5 Å². The number of halogens is 9. The molecule has 16 heteroatoms. The molecule has 272 valence electrons. The highest BCUT2D eigenvalue weighted by Crippen LogP contribution is 2.41. The highest BCUT2D eigenvalue weighted by atomic mass is 35.5. The molecule has 3 N–H and O–H groups in total. The van der Waals surface area contributed by atoms with Gasteiger partial charge in [0, 0.05) is 26.2 Å². The first-order valence-corrected chi connectivity index (χ1v) is 16.7. The first kappa shape index (κ1) is 38.9. The molecule has 5 aromatic rings. The van der Waals surface area contributed by atoms with E-state index in [1.165, 1.54) is 60.7 Å². The Morgan fingerprint density at radius 2 is 1.30 bits per heavy atom. The summed E-state index contributed by atoms with van der Waals surface area (Å²) in [4.78, 5) is 40.1. The summed E-state index contributed by atoms with van der Waals surface area (Å²) in [7, 11) is 0. The van der Waals surface area contributed by atoms with Crippen LogP contribution in [0, 0.1) is 23.3 Å². The van der Waals surface area contributed by atoms with E-state index in [-0.39, 0.29) is 27.5 Å². The highest BCUT2D eigenvalue weighted by Gasteiger charge is 2.43. The van der Waals surface area contributed by atoms with Crippen LogP contribution in [0.5, 0.6) is 0 Å². The molecule has 6 nitrogen and oxygen atoms in total. The molecule has 0 bridgehead atoms. The number of carbonyl (C=O) groups is 3. The summed E-state index contributed by atoms with van der Waals surface area (Å²) in [6, 6.07) is 26.0. The van der Waals surface area contributed by atoms with Crippen LogP contribution in [0.25, 0.3) is 6.08 Å². The summed E-state index contributed by atoms with van der Waals surface area (Å²) in [5, 5.41) is 6.10. The molecule has 3 amide bonds. The van der Waals surface area contributed by atoms with Gasteiger partial charge in [-0.25, -0.2) is 17.6 Å². The summed E-state index contributed by atoms with van der Waals surface area (Å²) < 4.78 is 97.0. The number of hydrogen-bond donors (Lipinski definition) is 3. The van der Waals surface area contributed by atoms with Crippen LogP contribution < -0.4 is 16.0 Å². The van der Waals surface area contributed by atoms with Crippen LogP contribution in [0.15, 0.2) is 114 Å². The smallest absolute Gasteiger partial charge is 0.321 e. The fraction of sp³-hybridized carbons (Fsp3) is 0.0541. The van der Waals surface area contributed by atoms with Crippen LogP contribution in [-0.2, 0) is 15.8 Å². The number of amides is 3. The summed E-state index contributed by atoms with van der Waals surface area (Å²) >= 11 is 13.1. The largest absolute Gasteiger partial charge is 0.422 e. The minimum atomic E-state index is -5.76. The normalized spacial score (nSPS) is 12.2. The van der Waals surface area contributed by atoms with Crippen molar-refractivity contribution in [1.82, 2.24) is 5.32 Å². The summed E-state index contributed by atoms with van der Waals surface area (Å²) in [6.45, 7) is 0. The predicted octanol–water partition coefficient (Wildman–Crippen LogP) is 10.5. The number of nitrogens with one attached hydrogen (secondary N) is 3. The lowest BCUT2D eigenvalue weighted by molar-refractivity contribution is -0.143. The molecule has 0 saturated heterocycles. The average molecular weight is 793 g/mol. The first-order chi connectivity index (χ1) is 25.1. The Hall–Kier alpha value is -5.31. The van der Waals surface area contributed by atoms with Gasteiger partial charge in [-0.15, -0.1) is 11.8 Å². The van der Waals surface area contributed by atoms with Crippen LogP contribution in [0.2, 0.25) is 10.0 Å². The van der Waals surface area contributed by atoms with Gasteiger partial charge >= 0.3 is 6.18 Å². The Morgan fingerprint density at radius 3 is 1.87 bits per heavy atom. The third-order valence-corrected chi connectivity index (χ3v) is 9.12. The van der Waals surface area contributed by atoms with Crippen molar-refractivity contribution in [2.75, 3.05) is 10.6 Å². The van der Waals surface area contributed by atoms with Gasteiger partial charge in [0.15, 0.2) is 23.3 Å². The maximum atomic E-state index is 14.6. The molecule has 5 aromatic carbocycles. The second kappa shape index (κ2) is 16.6. The molecule has 0 aliphatic heterocycles. The summed E-state index contributed by atoms with van der Waals surface area (Å²) in [6.07, 6.45) is -4.41. The molecule has 0 aliphatic carbocycles. The van der Waals surface area contributed by atoms with Gasteiger partial charge in [0.1, 0.15) is 22.2 Å². The van der Waals surface area contributed by atoms with Crippen molar-refractivity contribution in [2.24, 2.45) is 0 Å². The molecule has 53 heavy (non-hydrogen) atoms. The monoisotopic (exact) mass is 791 g/mol. The van der Waals surface area contributed by atoms with E-state index >= 15 is 0 Å². The van der Waals surface area contributed by atoms with E-state index in [1.54, 1.807) is 53.8 Å². The van der Waals surface area contributed by atoms with Gasteiger partial charge in [-0.2, -0.15) is 13.2 Å². The molecule has 0 aromatic heterocycles. The highest BCUT2D eigenvalue weighted by molar-refractivity contribution is 8.00. The minimum Gasteiger partial charge on any atom is -0.321 e. The van der Waals surface area contributed by atoms with Gasteiger partial charge in [-0.3, -0.25) is 14.4 Å². The van der Waals surface area contributed by atoms with Gasteiger partial charge in [-0.05, 0) is 65.7 Å². The Kier molecular flexibility index (Phi) is 12.2. The Morgan fingerprint density at radius 1 is 0.717 bits per heavy atom. The van der Waals surface area contributed by atoms with Gasteiger partial charge < -0.3 is 16.0 Å². The Labute approximate surface area is 311 Å². The Balaban J connectivity index is 1.38. The second-order valence-electron chi connectivity index (χ2n) is 10.9. The lowest BCUT2D eigenvalue weighted by Gasteiger charge is -2.19. The summed E-state index contributed by atoms with van der Waals surface area (Å²) in [5.41, 5.74) is -3.58. The molecule has 5 rings (SSSR count). The first-order valence-electron chi connectivity index (χ1n) is 15.0. The SMILES string of the molecule is O=C(Nc1ccc(SC(C(=O)Nc2c(F)c(F)c(C(F)(F)F)c(F)c2F)c2ccccc2)cc1)/C(=C/c1ccc(Cl)cc1Cl)NC(=O)c1ccccc1. The van der Waals surface area contributed by atoms with Crippen LogP contribution in [0.3, 0.4) is 0 Å². The number of thioether (sulfide) groups is 1. The van der Waals surface area contributed by atoms with Crippen LogP contribution in [0.4, 0.5) is 42.1 Å². The molecule has 0 aliphatic rings. The van der Waals surface area contributed by atoms with E-state index in [2.05, 4.69) is 10.6 Å². The number of anilines is 2. The zero-order chi connectivity index (χ0) is 38.4. The molecular formula is C37H22Cl2F7N3O3S. The van der Waals surface area contributed by atoms with Gasteiger partial charge in [0.05, 0.1) is 0 Å². The van der Waals surface area contributed by atoms with E-state index < -0.39 is 63.7 Å². The van der Waals surface area contributed by atoms with Crippen molar-refractivity contribution >= 4 is 70.1 Å². The summed E-state index contributed by atoms with van der Waals surface area (Å²) in [5.74, 6) is -12.9. The van der Waals surface area contributed by atoms with E-state index in [1.807, 2.05) is 0 Å². The standard InChI is InChI=1S/C37H22Cl2F7N3O3S/c38-22-12-11-21(25(39)18-22)17-26(48-34(50)20-9-5-2-6-10-20)35(51)47-23-13-15-24(16-14-23)53-33(19-7-3-1-4-8-19)36(52)49-32-30(42)28(40)27(37(44,45)46)29(41)31(32)43/h1-18,33H,(H,47,51)(H,48,50)(H,49,52)/b26-17-. The van der Waals surface area contributed by atoms with Crippen molar-refractivity contribution in [2.45, 2.75) is 16.3 Å². The lowest BCUT2D eigenvalue weighted by atomic mass is 10.1. The fourth-order valence-electron chi connectivity index (χ4n) is 4.75. The van der Waals surface area contributed by atoms with E-state index in [0.717, 1.165) is 11.8 Å². The van der Waals surface area contributed by atoms with Crippen molar-refractivity contribution in [3.8, 4) is 0 Å². The molecule has 0 spiro atoms. The number of carbonyl (C=O) groups excluding carboxylic acids is 3. The molecule has 0 heterocycles. The number of benzene rings is 5. The molecule has 0 radical (unpaired) electrons. The number of alkyl halides is 3. The van der Waals surface area contributed by atoms with Crippen LogP contribution in [-0.4, -0.2) is 17.7 Å².